The molecule has 1 aromatic heterocycles. The van der Waals surface area contributed by atoms with Gasteiger partial charge < -0.3 is 20.2 Å². The summed E-state index contributed by atoms with van der Waals surface area (Å²) in [6.07, 6.45) is 0.924. The smallest absolute Gasteiger partial charge is 0.305 e. The summed E-state index contributed by atoms with van der Waals surface area (Å²) >= 11 is 3.06. The van der Waals surface area contributed by atoms with Gasteiger partial charge in [-0.05, 0) is 39.7 Å². The average Bonchev–Trinajstić information content (AvgIpc) is 3.07. The minimum Gasteiger partial charge on any atom is -0.481 e. The highest BCUT2D eigenvalue weighted by molar-refractivity contribution is 9.10. The first kappa shape index (κ1) is 20.8. The van der Waals surface area contributed by atoms with Gasteiger partial charge in [0.05, 0.1) is 11.3 Å². The van der Waals surface area contributed by atoms with Crippen molar-refractivity contribution in [2.45, 2.75) is 6.42 Å². The number of carbonyl (C=O) groups is 3. The maximum Gasteiger partial charge on any atom is 0.305 e. The third kappa shape index (κ3) is 6.06. The number of rotatable bonds is 8. The molecule has 0 spiro atoms. The van der Waals surface area contributed by atoms with Gasteiger partial charge in [0.25, 0.3) is 17.5 Å². The molecule has 2 aromatic rings. The lowest BCUT2D eigenvalue weighted by molar-refractivity contribution is -0.384. The van der Waals surface area contributed by atoms with Crippen LogP contribution in [0.4, 0.5) is 5.69 Å². The van der Waals surface area contributed by atoms with Crippen molar-refractivity contribution >= 4 is 45.5 Å². The number of nitro benzene ring substituents is 1. The zero-order valence-electron chi connectivity index (χ0n) is 14.2. The number of benzene rings is 1. The minimum absolute atomic E-state index is 0.0739. The number of hydrogen-bond acceptors (Lipinski definition) is 6. The topological polar surface area (TPSA) is 152 Å². The number of nitro groups is 1. The number of non-ortho nitro benzene ring substituents is 1. The largest absolute Gasteiger partial charge is 0.481 e. The number of amides is 2. The number of carbonyl (C=O) groups excluding carboxylic acids is 2. The Morgan fingerprint density at radius 2 is 2.00 bits per heavy atom. The molecule has 1 aromatic carbocycles. The number of furan rings is 1. The van der Waals surface area contributed by atoms with Crippen LogP contribution in [0.3, 0.4) is 0 Å². The van der Waals surface area contributed by atoms with Crippen LogP contribution in [-0.2, 0) is 9.59 Å². The van der Waals surface area contributed by atoms with E-state index in [-0.39, 0.29) is 30.1 Å². The average molecular weight is 452 g/mol. The molecule has 0 aliphatic rings. The maximum absolute atomic E-state index is 12.4. The molecule has 2 rings (SSSR count). The number of aliphatic carboxylic acids is 1. The van der Waals surface area contributed by atoms with Gasteiger partial charge in [-0.25, -0.2) is 0 Å². The molecule has 0 saturated heterocycles. The highest BCUT2D eigenvalue weighted by Crippen LogP contribution is 2.17. The van der Waals surface area contributed by atoms with Crippen LogP contribution < -0.4 is 10.6 Å². The van der Waals surface area contributed by atoms with Crippen LogP contribution in [0.2, 0.25) is 0 Å². The first-order valence-corrected chi connectivity index (χ1v) is 8.58. The Kier molecular flexibility index (Phi) is 7.04. The van der Waals surface area contributed by atoms with Gasteiger partial charge in [-0.15, -0.1) is 0 Å². The predicted molar refractivity (Wildman–Crippen MR) is 100 cm³/mol. The van der Waals surface area contributed by atoms with E-state index >= 15 is 0 Å². The molecule has 0 saturated carbocycles. The van der Waals surface area contributed by atoms with Crippen molar-refractivity contribution in [3.05, 3.63) is 68.2 Å². The van der Waals surface area contributed by atoms with Crippen LogP contribution in [0.5, 0.6) is 0 Å². The first-order chi connectivity index (χ1) is 13.3. The lowest BCUT2D eigenvalue weighted by Gasteiger charge is -2.10. The monoisotopic (exact) mass is 451 g/mol. The van der Waals surface area contributed by atoms with Crippen LogP contribution in [-0.4, -0.2) is 34.4 Å². The highest BCUT2D eigenvalue weighted by atomic mass is 79.9. The Labute approximate surface area is 166 Å². The van der Waals surface area contributed by atoms with Crippen LogP contribution in [0, 0.1) is 10.1 Å². The fourth-order valence-corrected chi connectivity index (χ4v) is 2.36. The fourth-order valence-electron chi connectivity index (χ4n) is 2.05. The van der Waals surface area contributed by atoms with Gasteiger partial charge >= 0.3 is 5.97 Å². The van der Waals surface area contributed by atoms with Crippen molar-refractivity contribution in [3.63, 3.8) is 0 Å². The third-order valence-electron chi connectivity index (χ3n) is 3.31. The van der Waals surface area contributed by atoms with Gasteiger partial charge in [-0.2, -0.15) is 0 Å². The molecule has 3 N–H and O–H groups in total. The summed E-state index contributed by atoms with van der Waals surface area (Å²) in [4.78, 5) is 45.5. The summed E-state index contributed by atoms with van der Waals surface area (Å²) in [6, 6.07) is 8.31. The Morgan fingerprint density at radius 1 is 1.25 bits per heavy atom. The Bertz CT molecular complexity index is 952. The van der Waals surface area contributed by atoms with Gasteiger partial charge in [0.1, 0.15) is 5.70 Å². The molecule has 0 aliphatic heterocycles. The van der Waals surface area contributed by atoms with Crippen molar-refractivity contribution in [3.8, 4) is 0 Å². The second-order valence-corrected chi connectivity index (χ2v) is 6.15. The predicted octanol–water partition coefficient (Wildman–Crippen LogP) is 2.31. The Morgan fingerprint density at radius 3 is 2.61 bits per heavy atom. The van der Waals surface area contributed by atoms with E-state index in [4.69, 9.17) is 9.52 Å². The zero-order chi connectivity index (χ0) is 20.7. The van der Waals surface area contributed by atoms with Gasteiger partial charge in [-0.3, -0.25) is 24.5 Å². The number of halogens is 1. The summed E-state index contributed by atoms with van der Waals surface area (Å²) in [5.74, 6) is -2.66. The molecule has 28 heavy (non-hydrogen) atoms. The summed E-state index contributed by atoms with van der Waals surface area (Å²) in [5, 5.41) is 24.3. The zero-order valence-corrected chi connectivity index (χ0v) is 15.8. The molecular formula is C17H14BrN3O7. The van der Waals surface area contributed by atoms with E-state index in [1.54, 1.807) is 0 Å². The summed E-state index contributed by atoms with van der Waals surface area (Å²) < 4.78 is 5.43. The molecule has 146 valence electrons. The Hall–Kier alpha value is -3.47. The summed E-state index contributed by atoms with van der Waals surface area (Å²) in [6.45, 7) is -0.164. The van der Waals surface area contributed by atoms with Crippen LogP contribution in [0.1, 0.15) is 22.5 Å². The molecule has 0 atom stereocenters. The normalized spacial score (nSPS) is 11.0. The lowest BCUT2D eigenvalue weighted by atomic mass is 10.1. The molecule has 0 radical (unpaired) electrons. The number of nitrogens with zero attached hydrogens (tertiary/aromatic N) is 1. The van der Waals surface area contributed by atoms with Gasteiger partial charge in [0.2, 0.25) is 0 Å². The van der Waals surface area contributed by atoms with Crippen molar-refractivity contribution in [2.75, 3.05) is 6.54 Å². The van der Waals surface area contributed by atoms with Gasteiger partial charge in [0.15, 0.2) is 10.4 Å². The molecule has 0 fully saturated rings. The molecule has 2 amide bonds. The minimum atomic E-state index is -1.10. The molecule has 10 nitrogen and oxygen atoms in total. The number of carboxylic acid groups (broad SMARTS) is 1. The van der Waals surface area contributed by atoms with Gasteiger partial charge in [0, 0.05) is 18.7 Å². The van der Waals surface area contributed by atoms with E-state index in [9.17, 15) is 24.5 Å². The molecular weight excluding hydrogens is 438 g/mol. The molecule has 0 aliphatic carbocycles. The van der Waals surface area contributed by atoms with E-state index in [1.807, 2.05) is 0 Å². The van der Waals surface area contributed by atoms with E-state index in [2.05, 4.69) is 26.6 Å². The standard InChI is InChI=1S/C17H14BrN3O7/c18-14-5-4-13(28-14)17(25)20-12(16(24)19-7-6-15(22)23)9-10-2-1-3-11(8-10)21(26)27/h1-5,8-9H,6-7H2,(H,19,24)(H,20,25)(H,22,23)/b12-9+. The number of nitrogens with one attached hydrogen (secondary N) is 2. The van der Waals surface area contributed by atoms with Crippen molar-refractivity contribution in [1.29, 1.82) is 0 Å². The maximum atomic E-state index is 12.4. The fraction of sp³-hybridized carbons (Fsp3) is 0.118. The van der Waals surface area contributed by atoms with Crippen LogP contribution in [0.15, 0.2) is 51.2 Å². The third-order valence-corrected chi connectivity index (χ3v) is 3.73. The highest BCUT2D eigenvalue weighted by Gasteiger charge is 2.17. The molecule has 0 bridgehead atoms. The molecule has 11 heteroatoms. The van der Waals surface area contributed by atoms with Crippen LogP contribution >= 0.6 is 15.9 Å². The van der Waals surface area contributed by atoms with E-state index in [0.29, 0.717) is 10.2 Å². The lowest BCUT2D eigenvalue weighted by Crippen LogP contribution is -2.35. The van der Waals surface area contributed by atoms with E-state index < -0.39 is 22.7 Å². The van der Waals surface area contributed by atoms with Crippen LogP contribution in [0.25, 0.3) is 6.08 Å². The summed E-state index contributed by atoms with van der Waals surface area (Å²) in [5.41, 5.74) is -0.136. The van der Waals surface area contributed by atoms with Gasteiger partial charge in [-0.1, -0.05) is 12.1 Å². The van der Waals surface area contributed by atoms with Crippen molar-refractivity contribution in [1.82, 2.24) is 10.6 Å². The van der Waals surface area contributed by atoms with E-state index in [1.165, 1.54) is 42.5 Å². The Balaban J connectivity index is 2.27. The quantitative estimate of drug-likeness (QED) is 0.316. The first-order valence-electron chi connectivity index (χ1n) is 7.79. The van der Waals surface area contributed by atoms with Crippen molar-refractivity contribution < 1.29 is 28.8 Å². The SMILES string of the molecule is O=C(O)CCNC(=O)/C(=C\c1cccc([N+](=O)[O-])c1)NC(=O)c1ccc(Br)o1. The van der Waals surface area contributed by atoms with Crippen molar-refractivity contribution in [2.24, 2.45) is 0 Å². The summed E-state index contributed by atoms with van der Waals surface area (Å²) in [7, 11) is 0. The van der Waals surface area contributed by atoms with E-state index in [0.717, 1.165) is 0 Å². The second kappa shape index (κ2) is 9.46. The number of hydrogen-bond donors (Lipinski definition) is 3. The molecule has 1 heterocycles. The molecule has 0 unspecified atom stereocenters. The second-order valence-electron chi connectivity index (χ2n) is 5.37. The number of carboxylic acids is 1.